The van der Waals surface area contributed by atoms with Crippen LogP contribution < -0.4 is 10.9 Å². The van der Waals surface area contributed by atoms with E-state index in [-0.39, 0.29) is 23.8 Å². The normalized spacial score (nSPS) is 11.3. The summed E-state index contributed by atoms with van der Waals surface area (Å²) in [6.07, 6.45) is 1.73. The van der Waals surface area contributed by atoms with Crippen LogP contribution in [0.25, 0.3) is 22.2 Å². The summed E-state index contributed by atoms with van der Waals surface area (Å²) >= 11 is 0. The molecule has 0 fully saturated rings. The molecule has 0 atom stereocenters. The SMILES string of the molecule is Cc1cccc(C)c1NC(=O)Cn1nc2c3ccccc3n(Cc3cccc(F)c3)cc-2c1=O. The molecule has 2 aliphatic heterocycles. The minimum atomic E-state index is -0.342. The van der Waals surface area contributed by atoms with E-state index in [0.29, 0.717) is 17.8 Å². The van der Waals surface area contributed by atoms with Crippen LogP contribution in [0.2, 0.25) is 0 Å². The fourth-order valence-corrected chi connectivity index (χ4v) is 4.32. The lowest BCUT2D eigenvalue weighted by atomic mass is 10.1. The molecule has 0 aromatic heterocycles. The van der Waals surface area contributed by atoms with Crippen LogP contribution in [0.5, 0.6) is 0 Å². The first-order valence-electron chi connectivity index (χ1n) is 11.0. The minimum Gasteiger partial charge on any atom is -0.342 e. The third kappa shape index (κ3) is 3.96. The van der Waals surface area contributed by atoms with Gasteiger partial charge < -0.3 is 9.88 Å². The van der Waals surface area contributed by atoms with E-state index >= 15 is 0 Å². The Balaban J connectivity index is 1.53. The Morgan fingerprint density at radius 1 is 1.00 bits per heavy atom. The lowest BCUT2D eigenvalue weighted by Gasteiger charge is -2.14. The quantitative estimate of drug-likeness (QED) is 0.417. The number of amides is 1. The molecular weight excluding hydrogens is 431 g/mol. The summed E-state index contributed by atoms with van der Waals surface area (Å²) in [5, 5.41) is 8.20. The Kier molecular flexibility index (Phi) is 5.45. The molecule has 170 valence electrons. The van der Waals surface area contributed by atoms with Gasteiger partial charge in [0.05, 0.1) is 11.1 Å². The highest BCUT2D eigenvalue weighted by atomic mass is 19.1. The monoisotopic (exact) mass is 454 g/mol. The minimum absolute atomic E-state index is 0.195. The molecular formula is C27H23FN4O2. The predicted octanol–water partition coefficient (Wildman–Crippen LogP) is 4.75. The molecule has 0 unspecified atom stereocenters. The highest BCUT2D eigenvalue weighted by Gasteiger charge is 2.21. The van der Waals surface area contributed by atoms with Crippen LogP contribution in [-0.2, 0) is 17.9 Å². The van der Waals surface area contributed by atoms with Crippen molar-refractivity contribution in [2.75, 3.05) is 5.32 Å². The van der Waals surface area contributed by atoms with Crippen LogP contribution in [0.3, 0.4) is 0 Å². The van der Waals surface area contributed by atoms with Crippen LogP contribution in [0, 0.1) is 19.7 Å². The van der Waals surface area contributed by atoms with Crippen molar-refractivity contribution in [3.05, 3.63) is 106 Å². The first-order valence-corrected chi connectivity index (χ1v) is 11.0. The molecule has 0 aliphatic carbocycles. The zero-order chi connectivity index (χ0) is 23.8. The molecule has 2 aliphatic rings. The Morgan fingerprint density at radius 3 is 2.50 bits per heavy atom. The fraction of sp³-hybridized carbons (Fsp3) is 0.148. The smallest absolute Gasteiger partial charge is 0.278 e. The molecule has 3 aromatic rings. The molecule has 0 bridgehead atoms. The maximum Gasteiger partial charge on any atom is 0.278 e. The summed E-state index contributed by atoms with van der Waals surface area (Å²) < 4.78 is 16.8. The Labute approximate surface area is 195 Å². The maximum absolute atomic E-state index is 13.7. The van der Waals surface area contributed by atoms with Crippen molar-refractivity contribution in [3.8, 4) is 11.3 Å². The van der Waals surface area contributed by atoms with Crippen molar-refractivity contribution in [3.63, 3.8) is 0 Å². The van der Waals surface area contributed by atoms with E-state index in [9.17, 15) is 14.0 Å². The van der Waals surface area contributed by atoms with E-state index in [0.717, 1.165) is 33.3 Å². The number of aromatic nitrogens is 3. The summed E-state index contributed by atoms with van der Waals surface area (Å²) in [7, 11) is 0. The van der Waals surface area contributed by atoms with Gasteiger partial charge in [0, 0.05) is 23.8 Å². The molecule has 1 amide bonds. The number of carbonyl (C=O) groups is 1. The number of rotatable bonds is 5. The molecule has 0 spiro atoms. The molecule has 0 saturated heterocycles. The van der Waals surface area contributed by atoms with Crippen LogP contribution in [0.15, 0.2) is 77.7 Å². The molecule has 1 N–H and O–H groups in total. The molecule has 2 heterocycles. The standard InChI is InChI=1S/C27H23FN4O2/c1-17-7-5-8-18(2)25(17)29-24(33)16-32-27(34)22-15-31(14-19-9-6-10-20(28)13-19)23-12-4-3-11-21(23)26(22)30-32/h3-13,15H,14,16H2,1-2H3,(H,29,33). The van der Waals surface area contributed by atoms with E-state index < -0.39 is 0 Å². The third-order valence-corrected chi connectivity index (χ3v) is 5.98. The summed E-state index contributed by atoms with van der Waals surface area (Å²) in [6, 6.07) is 19.8. The van der Waals surface area contributed by atoms with Gasteiger partial charge in [-0.05, 0) is 48.7 Å². The Hall–Kier alpha value is -4.26. The highest BCUT2D eigenvalue weighted by Crippen LogP contribution is 2.28. The number of nitrogens with one attached hydrogen (secondary N) is 1. The lowest BCUT2D eigenvalue weighted by molar-refractivity contribution is -0.117. The number of aryl methyl sites for hydroxylation is 2. The Morgan fingerprint density at radius 2 is 1.74 bits per heavy atom. The summed E-state index contributed by atoms with van der Waals surface area (Å²) in [4.78, 5) is 26.0. The molecule has 6 nitrogen and oxygen atoms in total. The van der Waals surface area contributed by atoms with Gasteiger partial charge in [-0.1, -0.05) is 48.5 Å². The first-order chi connectivity index (χ1) is 16.4. The number of hydrogen-bond acceptors (Lipinski definition) is 3. The van der Waals surface area contributed by atoms with Crippen molar-refractivity contribution >= 4 is 22.5 Å². The largest absolute Gasteiger partial charge is 0.342 e. The molecule has 3 aromatic carbocycles. The van der Waals surface area contributed by atoms with Gasteiger partial charge in [-0.25, -0.2) is 9.07 Å². The maximum atomic E-state index is 13.7. The van der Waals surface area contributed by atoms with E-state index in [1.807, 2.05) is 66.9 Å². The third-order valence-electron chi connectivity index (χ3n) is 5.98. The van der Waals surface area contributed by atoms with Crippen LogP contribution in [0.4, 0.5) is 10.1 Å². The highest BCUT2D eigenvalue weighted by molar-refractivity contribution is 5.94. The molecule has 0 radical (unpaired) electrons. The zero-order valence-corrected chi connectivity index (χ0v) is 18.9. The second-order valence-corrected chi connectivity index (χ2v) is 8.44. The molecule has 34 heavy (non-hydrogen) atoms. The number of hydrogen-bond donors (Lipinski definition) is 1. The second-order valence-electron chi connectivity index (χ2n) is 8.44. The average molecular weight is 455 g/mol. The van der Waals surface area contributed by atoms with Crippen molar-refractivity contribution < 1.29 is 9.18 Å². The van der Waals surface area contributed by atoms with E-state index in [2.05, 4.69) is 10.4 Å². The first kappa shape index (κ1) is 21.6. The van der Waals surface area contributed by atoms with Gasteiger partial charge >= 0.3 is 0 Å². The van der Waals surface area contributed by atoms with Gasteiger partial charge in [-0.3, -0.25) is 9.59 Å². The molecule has 0 saturated carbocycles. The Bertz CT molecular complexity index is 1550. The summed E-state index contributed by atoms with van der Waals surface area (Å²) in [5.41, 5.74) is 4.90. The predicted molar refractivity (Wildman–Crippen MR) is 131 cm³/mol. The van der Waals surface area contributed by atoms with Gasteiger partial charge in [-0.15, -0.1) is 0 Å². The molecule has 7 heteroatoms. The van der Waals surface area contributed by atoms with Gasteiger partial charge in [0.2, 0.25) is 5.91 Å². The zero-order valence-electron chi connectivity index (χ0n) is 18.9. The van der Waals surface area contributed by atoms with Crippen LogP contribution >= 0.6 is 0 Å². The summed E-state index contributed by atoms with van der Waals surface area (Å²) in [5.74, 6) is -0.630. The number of para-hydroxylation sites is 2. The topological polar surface area (TPSA) is 68.9 Å². The van der Waals surface area contributed by atoms with Crippen molar-refractivity contribution in [2.45, 2.75) is 26.9 Å². The molecule has 5 rings (SSSR count). The van der Waals surface area contributed by atoms with E-state index in [1.165, 1.54) is 16.8 Å². The number of fused-ring (bicyclic) bond motifs is 3. The lowest BCUT2D eigenvalue weighted by Crippen LogP contribution is -2.26. The number of benzene rings is 3. The summed E-state index contributed by atoms with van der Waals surface area (Å²) in [6.45, 7) is 4.05. The van der Waals surface area contributed by atoms with E-state index in [4.69, 9.17) is 0 Å². The van der Waals surface area contributed by atoms with Crippen LogP contribution in [-0.4, -0.2) is 20.3 Å². The fourth-order valence-electron chi connectivity index (χ4n) is 4.32. The van der Waals surface area contributed by atoms with Gasteiger partial charge in [0.25, 0.3) is 5.56 Å². The van der Waals surface area contributed by atoms with Crippen molar-refractivity contribution in [1.82, 2.24) is 14.3 Å². The van der Waals surface area contributed by atoms with Gasteiger partial charge in [0.1, 0.15) is 18.1 Å². The second kappa shape index (κ2) is 8.59. The number of pyridine rings is 1. The van der Waals surface area contributed by atoms with Gasteiger partial charge in [-0.2, -0.15) is 5.10 Å². The van der Waals surface area contributed by atoms with Gasteiger partial charge in [0.15, 0.2) is 0 Å². The average Bonchev–Trinajstić information content (AvgIpc) is 3.12. The number of anilines is 1. The number of nitrogens with zero attached hydrogens (tertiary/aromatic N) is 3. The number of carbonyl (C=O) groups excluding carboxylic acids is 1. The van der Waals surface area contributed by atoms with Crippen molar-refractivity contribution in [2.24, 2.45) is 0 Å². The van der Waals surface area contributed by atoms with E-state index in [1.54, 1.807) is 12.3 Å². The van der Waals surface area contributed by atoms with Crippen molar-refractivity contribution in [1.29, 1.82) is 0 Å². The van der Waals surface area contributed by atoms with Crippen LogP contribution in [0.1, 0.15) is 16.7 Å². The number of halogens is 1.